The Morgan fingerprint density at radius 1 is 1.11 bits per heavy atom. The first-order chi connectivity index (χ1) is 8.47. The highest BCUT2D eigenvalue weighted by molar-refractivity contribution is 4.92. The van der Waals surface area contributed by atoms with Gasteiger partial charge in [0.15, 0.2) is 0 Å². The van der Waals surface area contributed by atoms with E-state index in [4.69, 9.17) is 0 Å². The van der Waals surface area contributed by atoms with Gasteiger partial charge in [-0.3, -0.25) is 0 Å². The lowest BCUT2D eigenvalue weighted by atomic mass is 9.74. The zero-order valence-electron chi connectivity index (χ0n) is 12.9. The Morgan fingerprint density at radius 3 is 2.39 bits per heavy atom. The van der Waals surface area contributed by atoms with Crippen LogP contribution in [0.5, 0.6) is 0 Å². The second-order valence-corrected chi connectivity index (χ2v) is 7.32. The predicted octanol–water partition coefficient (Wildman–Crippen LogP) is 3.13. The third kappa shape index (κ3) is 3.27. The Hall–Kier alpha value is -0.0800. The van der Waals surface area contributed by atoms with Crippen LogP contribution in [0.1, 0.15) is 53.4 Å². The predicted molar refractivity (Wildman–Crippen MR) is 78.8 cm³/mol. The van der Waals surface area contributed by atoms with Crippen LogP contribution in [-0.2, 0) is 0 Å². The lowest BCUT2D eigenvalue weighted by Crippen LogP contribution is -2.48. The molecule has 1 heterocycles. The summed E-state index contributed by atoms with van der Waals surface area (Å²) >= 11 is 0. The number of hydrogen-bond acceptors (Lipinski definition) is 2. The first-order valence-electron chi connectivity index (χ1n) is 7.93. The standard InChI is InChI=1S/C16H32N2/c1-11(2)15-7-6-12(3)8-16(15)17-14-9-13(4)18(5)10-14/h11-17H,6-10H2,1-5H3. The summed E-state index contributed by atoms with van der Waals surface area (Å²) in [5.74, 6) is 2.63. The summed E-state index contributed by atoms with van der Waals surface area (Å²) in [6, 6.07) is 2.24. The molecule has 2 aliphatic rings. The Kier molecular flexibility index (Phi) is 4.71. The molecular weight excluding hydrogens is 220 g/mol. The van der Waals surface area contributed by atoms with E-state index in [2.05, 4.69) is 45.0 Å². The fourth-order valence-electron chi connectivity index (χ4n) is 4.01. The van der Waals surface area contributed by atoms with Gasteiger partial charge >= 0.3 is 0 Å². The van der Waals surface area contributed by atoms with E-state index in [0.717, 1.165) is 35.9 Å². The molecule has 0 aromatic heterocycles. The van der Waals surface area contributed by atoms with E-state index in [-0.39, 0.29) is 0 Å². The summed E-state index contributed by atoms with van der Waals surface area (Å²) in [7, 11) is 2.26. The molecule has 1 saturated heterocycles. The number of hydrogen-bond donors (Lipinski definition) is 1. The summed E-state index contributed by atoms with van der Waals surface area (Å²) in [4.78, 5) is 2.49. The molecule has 0 bridgehead atoms. The maximum Gasteiger partial charge on any atom is 0.0212 e. The Labute approximate surface area is 114 Å². The molecule has 1 saturated carbocycles. The van der Waals surface area contributed by atoms with Gasteiger partial charge in [-0.05, 0) is 51.0 Å². The maximum absolute atomic E-state index is 4.00. The molecule has 0 radical (unpaired) electrons. The number of rotatable bonds is 3. The minimum Gasteiger partial charge on any atom is -0.310 e. The SMILES string of the molecule is CC1CCC(C(C)C)C(NC2CC(C)N(C)C2)C1. The molecule has 2 fully saturated rings. The summed E-state index contributed by atoms with van der Waals surface area (Å²) < 4.78 is 0. The molecule has 18 heavy (non-hydrogen) atoms. The molecule has 2 nitrogen and oxygen atoms in total. The second kappa shape index (κ2) is 5.92. The third-order valence-corrected chi connectivity index (χ3v) is 5.36. The summed E-state index contributed by atoms with van der Waals surface area (Å²) in [6.07, 6.45) is 5.57. The van der Waals surface area contributed by atoms with E-state index in [9.17, 15) is 0 Å². The monoisotopic (exact) mass is 252 g/mol. The zero-order chi connectivity index (χ0) is 13.3. The molecular formula is C16H32N2. The van der Waals surface area contributed by atoms with Crippen molar-refractivity contribution in [1.82, 2.24) is 10.2 Å². The molecule has 1 aliphatic heterocycles. The second-order valence-electron chi connectivity index (χ2n) is 7.32. The third-order valence-electron chi connectivity index (χ3n) is 5.36. The van der Waals surface area contributed by atoms with Crippen LogP contribution in [0.4, 0.5) is 0 Å². The summed E-state index contributed by atoms with van der Waals surface area (Å²) in [6.45, 7) is 10.8. The van der Waals surface area contributed by atoms with Gasteiger partial charge in [0, 0.05) is 24.7 Å². The van der Waals surface area contributed by atoms with E-state index in [0.29, 0.717) is 0 Å². The van der Waals surface area contributed by atoms with Gasteiger partial charge in [-0.1, -0.05) is 27.2 Å². The van der Waals surface area contributed by atoms with Gasteiger partial charge in [-0.15, -0.1) is 0 Å². The van der Waals surface area contributed by atoms with Crippen molar-refractivity contribution in [2.45, 2.75) is 71.5 Å². The van der Waals surface area contributed by atoms with Crippen LogP contribution in [0, 0.1) is 17.8 Å². The number of nitrogens with one attached hydrogen (secondary N) is 1. The highest BCUT2D eigenvalue weighted by atomic mass is 15.2. The topological polar surface area (TPSA) is 15.3 Å². The van der Waals surface area contributed by atoms with Crippen molar-refractivity contribution in [2.75, 3.05) is 13.6 Å². The molecule has 1 aliphatic carbocycles. The van der Waals surface area contributed by atoms with Gasteiger partial charge in [0.05, 0.1) is 0 Å². The average molecular weight is 252 g/mol. The van der Waals surface area contributed by atoms with Gasteiger partial charge in [-0.25, -0.2) is 0 Å². The largest absolute Gasteiger partial charge is 0.310 e. The van der Waals surface area contributed by atoms with Crippen LogP contribution in [0.3, 0.4) is 0 Å². The quantitative estimate of drug-likeness (QED) is 0.830. The molecule has 106 valence electrons. The molecule has 1 N–H and O–H groups in total. The molecule has 0 amide bonds. The van der Waals surface area contributed by atoms with Crippen LogP contribution >= 0.6 is 0 Å². The summed E-state index contributed by atoms with van der Waals surface area (Å²) in [5.41, 5.74) is 0. The van der Waals surface area contributed by atoms with Crippen LogP contribution in [0.2, 0.25) is 0 Å². The van der Waals surface area contributed by atoms with Crippen molar-refractivity contribution in [1.29, 1.82) is 0 Å². The fourth-order valence-corrected chi connectivity index (χ4v) is 4.01. The van der Waals surface area contributed by atoms with E-state index in [1.54, 1.807) is 0 Å². The van der Waals surface area contributed by atoms with Crippen LogP contribution in [0.15, 0.2) is 0 Å². The lowest BCUT2D eigenvalue weighted by molar-refractivity contribution is 0.159. The highest BCUT2D eigenvalue weighted by Crippen LogP contribution is 2.34. The number of nitrogens with zero attached hydrogens (tertiary/aromatic N) is 1. The maximum atomic E-state index is 4.00. The Balaban J connectivity index is 1.92. The van der Waals surface area contributed by atoms with Crippen LogP contribution in [0.25, 0.3) is 0 Å². The minimum atomic E-state index is 0.724. The molecule has 0 spiro atoms. The van der Waals surface area contributed by atoms with Gasteiger partial charge in [0.25, 0.3) is 0 Å². The van der Waals surface area contributed by atoms with Crippen molar-refractivity contribution in [3.05, 3.63) is 0 Å². The zero-order valence-corrected chi connectivity index (χ0v) is 12.9. The Bertz CT molecular complexity index is 254. The van der Waals surface area contributed by atoms with Gasteiger partial charge in [-0.2, -0.15) is 0 Å². The van der Waals surface area contributed by atoms with Crippen molar-refractivity contribution >= 4 is 0 Å². The van der Waals surface area contributed by atoms with E-state index >= 15 is 0 Å². The summed E-state index contributed by atoms with van der Waals surface area (Å²) in [5, 5.41) is 4.00. The van der Waals surface area contributed by atoms with Crippen molar-refractivity contribution in [2.24, 2.45) is 17.8 Å². The Morgan fingerprint density at radius 2 is 1.83 bits per heavy atom. The lowest BCUT2D eigenvalue weighted by Gasteiger charge is -2.39. The van der Waals surface area contributed by atoms with Crippen molar-refractivity contribution < 1.29 is 0 Å². The normalized spacial score (nSPS) is 42.7. The van der Waals surface area contributed by atoms with Crippen LogP contribution in [-0.4, -0.2) is 36.6 Å². The molecule has 5 unspecified atom stereocenters. The first kappa shape index (κ1) is 14.3. The fraction of sp³-hybridized carbons (Fsp3) is 1.00. The smallest absolute Gasteiger partial charge is 0.0212 e. The molecule has 2 rings (SSSR count). The average Bonchev–Trinajstić information content (AvgIpc) is 2.57. The highest BCUT2D eigenvalue weighted by Gasteiger charge is 2.34. The number of likely N-dealkylation sites (tertiary alicyclic amines) is 1. The van der Waals surface area contributed by atoms with Crippen molar-refractivity contribution in [3.8, 4) is 0 Å². The van der Waals surface area contributed by atoms with Gasteiger partial charge in [0.2, 0.25) is 0 Å². The molecule has 5 atom stereocenters. The first-order valence-corrected chi connectivity index (χ1v) is 7.93. The van der Waals surface area contributed by atoms with Gasteiger partial charge in [0.1, 0.15) is 0 Å². The van der Waals surface area contributed by atoms with E-state index < -0.39 is 0 Å². The van der Waals surface area contributed by atoms with E-state index in [1.165, 1.54) is 32.2 Å². The minimum absolute atomic E-state index is 0.724. The molecule has 0 aromatic carbocycles. The molecule has 0 aromatic rings. The van der Waals surface area contributed by atoms with E-state index in [1.807, 2.05) is 0 Å². The van der Waals surface area contributed by atoms with Gasteiger partial charge < -0.3 is 10.2 Å². The van der Waals surface area contributed by atoms with Crippen LogP contribution < -0.4 is 5.32 Å². The number of likely N-dealkylation sites (N-methyl/N-ethyl adjacent to an activating group) is 1. The molecule has 2 heteroatoms. The van der Waals surface area contributed by atoms with Crippen molar-refractivity contribution in [3.63, 3.8) is 0 Å².